The van der Waals surface area contributed by atoms with Crippen molar-refractivity contribution in [2.45, 2.75) is 6.92 Å². The van der Waals surface area contributed by atoms with Gasteiger partial charge in [0.25, 0.3) is 0 Å². The second-order valence-corrected chi connectivity index (χ2v) is 3.95. The van der Waals surface area contributed by atoms with Gasteiger partial charge >= 0.3 is 0 Å². The molecule has 0 saturated carbocycles. The fourth-order valence-corrected chi connectivity index (χ4v) is 1.52. The number of nitrogen functional groups attached to an aromatic ring is 1. The highest BCUT2D eigenvalue weighted by Crippen LogP contribution is 2.25. The molecule has 0 radical (unpaired) electrons. The first-order chi connectivity index (χ1) is 8.47. The van der Waals surface area contributed by atoms with Crippen molar-refractivity contribution in [1.82, 2.24) is 0 Å². The van der Waals surface area contributed by atoms with E-state index in [4.69, 9.17) is 5.73 Å². The molecule has 2 nitrogen and oxygen atoms in total. The molecule has 0 aliphatic heterocycles. The minimum atomic E-state index is -0.648. The van der Waals surface area contributed by atoms with Crippen molar-refractivity contribution in [3.8, 4) is 0 Å². The zero-order valence-corrected chi connectivity index (χ0v) is 9.60. The summed E-state index contributed by atoms with van der Waals surface area (Å²) in [6, 6.07) is 5.97. The van der Waals surface area contributed by atoms with Crippen LogP contribution in [0, 0.1) is 24.4 Å². The van der Waals surface area contributed by atoms with Crippen molar-refractivity contribution in [2.24, 2.45) is 0 Å². The number of rotatable bonds is 2. The Bertz CT molecular complexity index is 597. The van der Waals surface area contributed by atoms with Gasteiger partial charge in [0.1, 0.15) is 17.5 Å². The summed E-state index contributed by atoms with van der Waals surface area (Å²) in [6.45, 7) is 1.45. The van der Waals surface area contributed by atoms with Gasteiger partial charge in [-0.05, 0) is 36.8 Å². The lowest BCUT2D eigenvalue weighted by Crippen LogP contribution is -1.99. The number of anilines is 3. The van der Waals surface area contributed by atoms with Crippen LogP contribution in [0.1, 0.15) is 5.56 Å². The Morgan fingerprint density at radius 1 is 0.889 bits per heavy atom. The van der Waals surface area contributed by atoms with Crippen LogP contribution in [0.4, 0.5) is 30.2 Å². The maximum atomic E-state index is 13.6. The van der Waals surface area contributed by atoms with Crippen LogP contribution in [0.2, 0.25) is 0 Å². The molecule has 0 saturated heterocycles. The molecule has 0 heterocycles. The first-order valence-corrected chi connectivity index (χ1v) is 5.25. The summed E-state index contributed by atoms with van der Waals surface area (Å²) >= 11 is 0. The summed E-state index contributed by atoms with van der Waals surface area (Å²) in [6.07, 6.45) is 0. The predicted octanol–water partition coefficient (Wildman–Crippen LogP) is 3.74. The number of hydrogen-bond donors (Lipinski definition) is 2. The summed E-state index contributed by atoms with van der Waals surface area (Å²) in [4.78, 5) is 0. The van der Waals surface area contributed by atoms with Crippen LogP contribution in [-0.2, 0) is 0 Å². The fourth-order valence-electron chi connectivity index (χ4n) is 1.52. The topological polar surface area (TPSA) is 38.0 Å². The molecule has 2 rings (SSSR count). The van der Waals surface area contributed by atoms with Crippen molar-refractivity contribution in [2.75, 3.05) is 11.1 Å². The van der Waals surface area contributed by atoms with E-state index in [-0.39, 0.29) is 22.6 Å². The van der Waals surface area contributed by atoms with E-state index in [1.54, 1.807) is 0 Å². The van der Waals surface area contributed by atoms with Gasteiger partial charge in [-0.15, -0.1) is 0 Å². The highest BCUT2D eigenvalue weighted by Gasteiger charge is 2.09. The average molecular weight is 252 g/mol. The normalized spacial score (nSPS) is 10.4. The Hall–Kier alpha value is -2.17. The molecule has 2 aromatic carbocycles. The van der Waals surface area contributed by atoms with Gasteiger partial charge in [-0.3, -0.25) is 0 Å². The number of halogens is 3. The van der Waals surface area contributed by atoms with E-state index in [0.29, 0.717) is 0 Å². The lowest BCUT2D eigenvalue weighted by atomic mass is 10.2. The van der Waals surface area contributed by atoms with Gasteiger partial charge in [-0.1, -0.05) is 0 Å². The van der Waals surface area contributed by atoms with Gasteiger partial charge in [0, 0.05) is 11.8 Å². The standard InChI is InChI=1S/C13H11F3N2/c1-7-4-10(15)13(6-9(7)14)18-12-3-2-8(17)5-11(12)16/h2-6,18H,17H2,1H3. The fraction of sp³-hybridized carbons (Fsp3) is 0.0769. The van der Waals surface area contributed by atoms with Gasteiger partial charge in [-0.2, -0.15) is 0 Å². The van der Waals surface area contributed by atoms with Crippen LogP contribution in [0.15, 0.2) is 30.3 Å². The molecule has 3 N–H and O–H groups in total. The largest absolute Gasteiger partial charge is 0.399 e. The molecule has 0 unspecified atom stereocenters. The number of aryl methyl sites for hydroxylation is 1. The highest BCUT2D eigenvalue weighted by molar-refractivity contribution is 5.63. The number of nitrogens with two attached hydrogens (primary N) is 1. The molecule has 0 aliphatic rings. The number of hydrogen-bond acceptors (Lipinski definition) is 2. The molecular weight excluding hydrogens is 241 g/mol. The van der Waals surface area contributed by atoms with Crippen molar-refractivity contribution in [3.05, 3.63) is 53.3 Å². The van der Waals surface area contributed by atoms with Crippen molar-refractivity contribution in [1.29, 1.82) is 0 Å². The van der Waals surface area contributed by atoms with Crippen LogP contribution in [0.25, 0.3) is 0 Å². The maximum Gasteiger partial charge on any atom is 0.148 e. The summed E-state index contributed by atoms with van der Waals surface area (Å²) in [5.74, 6) is -1.84. The van der Waals surface area contributed by atoms with E-state index in [9.17, 15) is 13.2 Å². The first-order valence-electron chi connectivity index (χ1n) is 5.25. The minimum Gasteiger partial charge on any atom is -0.399 e. The molecule has 94 valence electrons. The van der Waals surface area contributed by atoms with Crippen LogP contribution in [0.5, 0.6) is 0 Å². The second kappa shape index (κ2) is 4.60. The predicted molar refractivity (Wildman–Crippen MR) is 65.2 cm³/mol. The summed E-state index contributed by atoms with van der Waals surface area (Å²) < 4.78 is 40.3. The molecule has 0 atom stereocenters. The smallest absolute Gasteiger partial charge is 0.148 e. The Labute approximate surface area is 102 Å². The highest BCUT2D eigenvalue weighted by atomic mass is 19.1. The van der Waals surface area contributed by atoms with Crippen LogP contribution in [0.3, 0.4) is 0 Å². The van der Waals surface area contributed by atoms with E-state index in [1.165, 1.54) is 19.1 Å². The van der Waals surface area contributed by atoms with Crippen LogP contribution >= 0.6 is 0 Å². The van der Waals surface area contributed by atoms with E-state index in [0.717, 1.165) is 18.2 Å². The lowest BCUT2D eigenvalue weighted by Gasteiger charge is -2.10. The Balaban J connectivity index is 2.37. The molecule has 0 aromatic heterocycles. The summed E-state index contributed by atoms with van der Waals surface area (Å²) in [7, 11) is 0. The average Bonchev–Trinajstić information content (AvgIpc) is 2.29. The number of nitrogens with one attached hydrogen (secondary N) is 1. The molecular formula is C13H11F3N2. The van der Waals surface area contributed by atoms with Gasteiger partial charge in [0.05, 0.1) is 11.4 Å². The van der Waals surface area contributed by atoms with E-state index >= 15 is 0 Å². The third-order valence-corrected chi connectivity index (χ3v) is 2.51. The summed E-state index contributed by atoms with van der Waals surface area (Å²) in [5, 5.41) is 2.49. The third kappa shape index (κ3) is 2.40. The first kappa shape index (κ1) is 12.3. The lowest BCUT2D eigenvalue weighted by molar-refractivity contribution is 0.595. The Morgan fingerprint density at radius 2 is 1.56 bits per heavy atom. The third-order valence-electron chi connectivity index (χ3n) is 2.51. The molecule has 18 heavy (non-hydrogen) atoms. The second-order valence-electron chi connectivity index (χ2n) is 3.95. The van der Waals surface area contributed by atoms with E-state index in [1.807, 2.05) is 0 Å². The number of benzene rings is 2. The Morgan fingerprint density at radius 3 is 2.22 bits per heavy atom. The Kier molecular flexibility index (Phi) is 3.14. The molecule has 0 bridgehead atoms. The minimum absolute atomic E-state index is 0.0337. The van der Waals surface area contributed by atoms with Crippen molar-refractivity contribution in [3.63, 3.8) is 0 Å². The van der Waals surface area contributed by atoms with Gasteiger partial charge in [0.15, 0.2) is 0 Å². The zero-order chi connectivity index (χ0) is 13.3. The molecule has 2 aromatic rings. The van der Waals surface area contributed by atoms with Crippen molar-refractivity contribution >= 4 is 17.1 Å². The molecule has 5 heteroatoms. The van der Waals surface area contributed by atoms with Gasteiger partial charge in [-0.25, -0.2) is 13.2 Å². The van der Waals surface area contributed by atoms with Gasteiger partial charge in [0.2, 0.25) is 0 Å². The molecule has 0 fully saturated rings. The van der Waals surface area contributed by atoms with Gasteiger partial charge < -0.3 is 11.1 Å². The molecule has 0 amide bonds. The SMILES string of the molecule is Cc1cc(F)c(Nc2ccc(N)cc2F)cc1F. The van der Waals surface area contributed by atoms with Crippen LogP contribution < -0.4 is 11.1 Å². The monoisotopic (exact) mass is 252 g/mol. The molecule has 0 spiro atoms. The summed E-state index contributed by atoms with van der Waals surface area (Å²) in [5.41, 5.74) is 5.75. The van der Waals surface area contributed by atoms with Crippen LogP contribution in [-0.4, -0.2) is 0 Å². The van der Waals surface area contributed by atoms with Crippen molar-refractivity contribution < 1.29 is 13.2 Å². The maximum absolute atomic E-state index is 13.6. The quantitative estimate of drug-likeness (QED) is 0.799. The van der Waals surface area contributed by atoms with E-state index in [2.05, 4.69) is 5.32 Å². The molecule has 0 aliphatic carbocycles. The van der Waals surface area contributed by atoms with E-state index < -0.39 is 17.5 Å². The zero-order valence-electron chi connectivity index (χ0n) is 9.60.